The van der Waals surface area contributed by atoms with Crippen molar-refractivity contribution in [2.24, 2.45) is 0 Å². The van der Waals surface area contributed by atoms with Gasteiger partial charge in [-0.15, -0.1) is 11.3 Å². The van der Waals surface area contributed by atoms with Crippen molar-refractivity contribution in [3.05, 3.63) is 53.7 Å². The van der Waals surface area contributed by atoms with Crippen LogP contribution in [0.3, 0.4) is 0 Å². The molecule has 0 aliphatic heterocycles. The molecule has 3 heteroatoms. The maximum atomic E-state index is 4.33. The van der Waals surface area contributed by atoms with E-state index in [4.69, 9.17) is 0 Å². The molecular formula is C16H12N2S. The van der Waals surface area contributed by atoms with Gasteiger partial charge in [0.2, 0.25) is 0 Å². The number of nitrogens with one attached hydrogen (secondary N) is 1. The lowest BCUT2D eigenvalue weighted by atomic mass is 10.0. The van der Waals surface area contributed by atoms with Crippen LogP contribution >= 0.6 is 11.3 Å². The Bertz CT molecular complexity index is 886. The Morgan fingerprint density at radius 3 is 3.05 bits per heavy atom. The Morgan fingerprint density at radius 1 is 1.16 bits per heavy atom. The van der Waals surface area contributed by atoms with E-state index in [0.717, 1.165) is 5.52 Å². The highest BCUT2D eigenvalue weighted by Gasteiger charge is 2.08. The highest BCUT2D eigenvalue weighted by atomic mass is 32.1. The fourth-order valence-electron chi connectivity index (χ4n) is 2.57. The van der Waals surface area contributed by atoms with Crippen LogP contribution in [0.25, 0.3) is 32.2 Å². The van der Waals surface area contributed by atoms with Crippen molar-refractivity contribution in [2.75, 3.05) is 0 Å². The summed E-state index contributed by atoms with van der Waals surface area (Å²) in [7, 11) is 0. The van der Waals surface area contributed by atoms with E-state index in [1.54, 1.807) is 11.3 Å². The smallest absolute Gasteiger partial charge is 0.0812 e. The summed E-state index contributed by atoms with van der Waals surface area (Å²) >= 11 is 1.69. The number of fused-ring (bicyclic) bond motifs is 2. The second-order valence-corrected chi connectivity index (χ2v) is 5.62. The second-order valence-electron chi connectivity index (χ2n) is 4.73. The predicted octanol–water partition coefficient (Wildman–Crippen LogP) is 4.75. The number of aromatic nitrogens is 2. The summed E-state index contributed by atoms with van der Waals surface area (Å²) in [6.07, 6.45) is 2.10. The summed E-state index contributed by atoms with van der Waals surface area (Å²) < 4.78 is 1.24. The summed E-state index contributed by atoms with van der Waals surface area (Å²) in [5.74, 6) is 0. The number of hydrogen-bond donors (Lipinski definition) is 1. The van der Waals surface area contributed by atoms with Gasteiger partial charge in [-0.3, -0.25) is 0 Å². The van der Waals surface area contributed by atoms with Gasteiger partial charge < -0.3 is 4.98 Å². The minimum absolute atomic E-state index is 1.07. The molecule has 0 unspecified atom stereocenters. The molecule has 0 spiro atoms. The molecule has 0 amide bonds. The average molecular weight is 264 g/mol. The van der Waals surface area contributed by atoms with E-state index in [0.29, 0.717) is 0 Å². The number of H-pyrrole nitrogens is 1. The van der Waals surface area contributed by atoms with E-state index in [2.05, 4.69) is 59.5 Å². The van der Waals surface area contributed by atoms with Gasteiger partial charge >= 0.3 is 0 Å². The molecule has 0 radical (unpaired) electrons. The van der Waals surface area contributed by atoms with Gasteiger partial charge in [0.15, 0.2) is 0 Å². The highest BCUT2D eigenvalue weighted by molar-refractivity contribution is 7.16. The molecule has 92 valence electrons. The van der Waals surface area contributed by atoms with Crippen LogP contribution in [0.4, 0.5) is 0 Å². The van der Waals surface area contributed by atoms with Crippen molar-refractivity contribution in [3.63, 3.8) is 0 Å². The topological polar surface area (TPSA) is 28.7 Å². The number of hydrogen-bond acceptors (Lipinski definition) is 2. The van der Waals surface area contributed by atoms with Gasteiger partial charge in [0.25, 0.3) is 0 Å². The minimum Gasteiger partial charge on any atom is -0.360 e. The third kappa shape index (κ3) is 1.59. The van der Waals surface area contributed by atoms with Crippen molar-refractivity contribution >= 4 is 32.5 Å². The Balaban J connectivity index is 2.00. The molecule has 0 saturated carbocycles. The van der Waals surface area contributed by atoms with Crippen LogP contribution in [0.2, 0.25) is 0 Å². The maximum absolute atomic E-state index is 4.33. The van der Waals surface area contributed by atoms with Crippen molar-refractivity contribution in [1.82, 2.24) is 9.97 Å². The molecule has 4 aromatic rings. The van der Waals surface area contributed by atoms with Crippen LogP contribution in [0.5, 0.6) is 0 Å². The molecule has 2 heterocycles. The summed E-state index contributed by atoms with van der Waals surface area (Å²) in [4.78, 5) is 7.71. The molecule has 0 aliphatic rings. The Labute approximate surface area is 114 Å². The normalized spacial score (nSPS) is 11.4. The number of rotatable bonds is 1. The molecule has 0 saturated heterocycles. The molecule has 0 fully saturated rings. The second kappa shape index (κ2) is 3.93. The maximum Gasteiger partial charge on any atom is 0.0812 e. The molecule has 2 aromatic heterocycles. The molecule has 0 atom stereocenters. The molecule has 2 aromatic carbocycles. The first kappa shape index (κ1) is 10.8. The summed E-state index contributed by atoms with van der Waals surface area (Å²) in [5, 5.41) is 1.28. The number of benzene rings is 2. The first-order valence-corrected chi connectivity index (χ1v) is 7.11. The average Bonchev–Trinajstić information content (AvgIpc) is 3.04. The van der Waals surface area contributed by atoms with Crippen LogP contribution in [-0.2, 0) is 0 Å². The summed E-state index contributed by atoms with van der Waals surface area (Å²) in [6, 6.07) is 12.9. The minimum atomic E-state index is 1.07. The van der Waals surface area contributed by atoms with Crippen LogP contribution in [-0.4, -0.2) is 9.97 Å². The quantitative estimate of drug-likeness (QED) is 0.528. The Kier molecular flexibility index (Phi) is 2.23. The van der Waals surface area contributed by atoms with E-state index in [1.807, 2.05) is 5.51 Å². The fourth-order valence-corrected chi connectivity index (χ4v) is 3.28. The first-order valence-electron chi connectivity index (χ1n) is 6.23. The van der Waals surface area contributed by atoms with Gasteiger partial charge in [0, 0.05) is 22.7 Å². The zero-order chi connectivity index (χ0) is 12.8. The van der Waals surface area contributed by atoms with Gasteiger partial charge in [0.1, 0.15) is 0 Å². The third-order valence-electron chi connectivity index (χ3n) is 3.57. The molecule has 19 heavy (non-hydrogen) atoms. The van der Waals surface area contributed by atoms with E-state index in [9.17, 15) is 0 Å². The van der Waals surface area contributed by atoms with Crippen LogP contribution in [0, 0.1) is 6.92 Å². The number of para-hydroxylation sites is 1. The van der Waals surface area contributed by atoms with Crippen LogP contribution < -0.4 is 0 Å². The van der Waals surface area contributed by atoms with Crippen molar-refractivity contribution in [3.8, 4) is 11.1 Å². The van der Waals surface area contributed by atoms with E-state index in [1.165, 1.54) is 32.3 Å². The van der Waals surface area contributed by atoms with Crippen molar-refractivity contribution < 1.29 is 0 Å². The lowest BCUT2D eigenvalue weighted by Gasteiger charge is -2.01. The summed E-state index contributed by atoms with van der Waals surface area (Å²) in [5.41, 5.74) is 7.98. The Hall–Kier alpha value is -2.13. The molecule has 2 nitrogen and oxygen atoms in total. The largest absolute Gasteiger partial charge is 0.360 e. The zero-order valence-corrected chi connectivity index (χ0v) is 11.3. The van der Waals surface area contributed by atoms with Gasteiger partial charge in [0.05, 0.1) is 15.7 Å². The van der Waals surface area contributed by atoms with Crippen molar-refractivity contribution in [2.45, 2.75) is 6.92 Å². The Morgan fingerprint density at radius 2 is 2.11 bits per heavy atom. The number of thiazole rings is 1. The molecule has 0 aliphatic carbocycles. The number of aromatic amines is 1. The van der Waals surface area contributed by atoms with Crippen molar-refractivity contribution in [1.29, 1.82) is 0 Å². The lowest BCUT2D eigenvalue weighted by Crippen LogP contribution is -1.77. The zero-order valence-electron chi connectivity index (χ0n) is 10.5. The van der Waals surface area contributed by atoms with Gasteiger partial charge in [-0.1, -0.05) is 24.3 Å². The SMILES string of the molecule is Cc1cccc2c(-c3ccc4ncsc4c3)c[nH]c12. The number of nitrogens with zero attached hydrogens (tertiary/aromatic N) is 1. The molecule has 1 N–H and O–H groups in total. The van der Waals surface area contributed by atoms with Gasteiger partial charge in [-0.25, -0.2) is 4.98 Å². The molecular weight excluding hydrogens is 252 g/mol. The van der Waals surface area contributed by atoms with Crippen LogP contribution in [0.15, 0.2) is 48.1 Å². The monoisotopic (exact) mass is 264 g/mol. The number of aryl methyl sites for hydroxylation is 1. The molecule has 0 bridgehead atoms. The van der Waals surface area contributed by atoms with Gasteiger partial charge in [-0.2, -0.15) is 0 Å². The summed E-state index contributed by atoms with van der Waals surface area (Å²) in [6.45, 7) is 2.13. The third-order valence-corrected chi connectivity index (χ3v) is 4.36. The predicted molar refractivity (Wildman–Crippen MR) is 81.6 cm³/mol. The first-order chi connectivity index (χ1) is 9.33. The van der Waals surface area contributed by atoms with E-state index >= 15 is 0 Å². The van der Waals surface area contributed by atoms with Gasteiger partial charge in [-0.05, 0) is 30.2 Å². The fraction of sp³-hybridized carbons (Fsp3) is 0.0625. The van der Waals surface area contributed by atoms with Crippen LogP contribution in [0.1, 0.15) is 5.56 Å². The standard InChI is InChI=1S/C16H12N2S/c1-10-3-2-4-12-13(8-17-16(10)12)11-5-6-14-15(7-11)19-9-18-14/h2-9,17H,1H3. The van der Waals surface area contributed by atoms with E-state index in [-0.39, 0.29) is 0 Å². The van der Waals surface area contributed by atoms with E-state index < -0.39 is 0 Å². The highest BCUT2D eigenvalue weighted by Crippen LogP contribution is 2.32. The lowest BCUT2D eigenvalue weighted by molar-refractivity contribution is 1.42. The molecule has 4 rings (SSSR count).